The van der Waals surface area contributed by atoms with Crippen molar-refractivity contribution >= 4 is 24.0 Å². The maximum absolute atomic E-state index is 12.0. The van der Waals surface area contributed by atoms with Crippen LogP contribution in [0.25, 0.3) is 0 Å². The lowest BCUT2D eigenvalue weighted by atomic mass is 9.96. The van der Waals surface area contributed by atoms with Gasteiger partial charge in [0.1, 0.15) is 0 Å². The van der Waals surface area contributed by atoms with Gasteiger partial charge in [-0.05, 0) is 25.8 Å². The van der Waals surface area contributed by atoms with Gasteiger partial charge in [-0.1, -0.05) is 13.3 Å². The fourth-order valence-electron chi connectivity index (χ4n) is 1.75. The first-order valence-corrected chi connectivity index (χ1v) is 6.05. The van der Waals surface area contributed by atoms with Gasteiger partial charge < -0.3 is 15.6 Å². The molecule has 0 saturated heterocycles. The molecular weight excluding hydrogens is 266 g/mol. The number of anilines is 1. The highest BCUT2D eigenvalue weighted by Crippen LogP contribution is 2.15. The van der Waals surface area contributed by atoms with Crippen LogP contribution in [0.5, 0.6) is 0 Å². The van der Waals surface area contributed by atoms with Crippen LogP contribution in [0.4, 0.5) is 5.69 Å². The summed E-state index contributed by atoms with van der Waals surface area (Å²) in [6.45, 7) is 5.48. The Morgan fingerprint density at radius 2 is 2.11 bits per heavy atom. The van der Waals surface area contributed by atoms with Crippen molar-refractivity contribution < 1.29 is 4.79 Å². The minimum atomic E-state index is -0.893. The maximum Gasteiger partial charge on any atom is 0.250 e. The van der Waals surface area contributed by atoms with E-state index in [0.717, 1.165) is 12.0 Å². The predicted molar refractivity (Wildman–Crippen MR) is 79.8 cm³/mol. The first-order chi connectivity index (χ1) is 8.27. The molecule has 19 heavy (non-hydrogen) atoms. The van der Waals surface area contributed by atoms with Gasteiger partial charge in [0.15, 0.2) is 0 Å². The summed E-state index contributed by atoms with van der Waals surface area (Å²) in [5.41, 5.74) is 6.32. The highest BCUT2D eigenvalue weighted by atomic mass is 35.5. The van der Waals surface area contributed by atoms with Crippen LogP contribution < -0.4 is 16.6 Å². The minimum Gasteiger partial charge on any atom is -0.323 e. The topological polar surface area (TPSA) is 77.1 Å². The van der Waals surface area contributed by atoms with Crippen molar-refractivity contribution in [3.63, 3.8) is 0 Å². The van der Waals surface area contributed by atoms with Crippen LogP contribution in [-0.2, 0) is 11.8 Å². The molecule has 0 radical (unpaired) electrons. The molecule has 0 spiro atoms. The smallest absolute Gasteiger partial charge is 0.250 e. The monoisotopic (exact) mass is 287 g/mol. The Hall–Kier alpha value is -1.33. The lowest BCUT2D eigenvalue weighted by Gasteiger charge is -2.23. The molecule has 6 heteroatoms. The largest absolute Gasteiger partial charge is 0.323 e. The van der Waals surface area contributed by atoms with Crippen LogP contribution >= 0.6 is 12.4 Å². The van der Waals surface area contributed by atoms with Crippen LogP contribution in [-0.4, -0.2) is 16.0 Å². The van der Waals surface area contributed by atoms with Gasteiger partial charge in [-0.15, -0.1) is 12.4 Å². The molecule has 1 heterocycles. The molecule has 108 valence electrons. The molecule has 0 aliphatic heterocycles. The molecule has 0 aliphatic carbocycles. The summed E-state index contributed by atoms with van der Waals surface area (Å²) in [5.74, 6) is -0.230. The Morgan fingerprint density at radius 1 is 1.53 bits per heavy atom. The molecule has 1 atom stereocenters. The first-order valence-electron chi connectivity index (χ1n) is 6.05. The fourth-order valence-corrected chi connectivity index (χ4v) is 1.75. The molecule has 0 saturated carbocycles. The minimum absolute atomic E-state index is 0. The molecule has 1 aromatic rings. The second-order valence-corrected chi connectivity index (χ2v) is 4.94. The van der Waals surface area contributed by atoms with E-state index in [4.69, 9.17) is 5.73 Å². The van der Waals surface area contributed by atoms with Gasteiger partial charge in [-0.25, -0.2) is 0 Å². The number of nitrogens with one attached hydrogen (secondary N) is 1. The fraction of sp³-hybridized carbons (Fsp3) is 0.538. The van der Waals surface area contributed by atoms with Crippen LogP contribution in [0.3, 0.4) is 0 Å². The Morgan fingerprint density at radius 3 is 2.63 bits per heavy atom. The van der Waals surface area contributed by atoms with Crippen LogP contribution in [0.2, 0.25) is 0 Å². The Labute approximate surface area is 119 Å². The average Bonchev–Trinajstić information content (AvgIpc) is 2.25. The summed E-state index contributed by atoms with van der Waals surface area (Å²) in [6, 6.07) is 1.49. The molecule has 5 nitrogen and oxygen atoms in total. The highest BCUT2D eigenvalue weighted by molar-refractivity contribution is 5.98. The third-order valence-electron chi connectivity index (χ3n) is 2.97. The van der Waals surface area contributed by atoms with Crippen molar-refractivity contribution in [3.8, 4) is 0 Å². The van der Waals surface area contributed by atoms with E-state index in [1.807, 2.05) is 6.92 Å². The number of nitrogens with two attached hydrogens (primary N) is 1. The molecule has 0 fully saturated rings. The van der Waals surface area contributed by atoms with Crippen LogP contribution in [0.15, 0.2) is 17.1 Å². The van der Waals surface area contributed by atoms with Gasteiger partial charge in [0.2, 0.25) is 5.91 Å². The van der Waals surface area contributed by atoms with Gasteiger partial charge in [-0.3, -0.25) is 9.59 Å². The number of amides is 1. The predicted octanol–water partition coefficient (Wildman–Crippen LogP) is 1.57. The number of aryl methyl sites for hydroxylation is 2. The van der Waals surface area contributed by atoms with Crippen LogP contribution in [0.1, 0.15) is 32.3 Å². The Balaban J connectivity index is 0.00000324. The van der Waals surface area contributed by atoms with E-state index in [2.05, 4.69) is 5.32 Å². The summed E-state index contributed by atoms with van der Waals surface area (Å²) >= 11 is 0. The zero-order chi connectivity index (χ0) is 13.9. The van der Waals surface area contributed by atoms with Crippen LogP contribution in [0, 0.1) is 6.92 Å². The second-order valence-electron chi connectivity index (χ2n) is 4.94. The summed E-state index contributed by atoms with van der Waals surface area (Å²) in [5, 5.41) is 2.78. The van der Waals surface area contributed by atoms with E-state index in [1.165, 1.54) is 10.6 Å². The lowest BCUT2D eigenvalue weighted by molar-refractivity contribution is -0.120. The summed E-state index contributed by atoms with van der Waals surface area (Å²) < 4.78 is 1.43. The molecule has 0 aromatic carbocycles. The van der Waals surface area contributed by atoms with E-state index in [9.17, 15) is 9.59 Å². The van der Waals surface area contributed by atoms with Crippen molar-refractivity contribution in [2.45, 2.75) is 39.2 Å². The van der Waals surface area contributed by atoms with Gasteiger partial charge >= 0.3 is 0 Å². The average molecular weight is 288 g/mol. The van der Waals surface area contributed by atoms with E-state index >= 15 is 0 Å². The first kappa shape index (κ1) is 17.7. The second kappa shape index (κ2) is 6.73. The van der Waals surface area contributed by atoms with Gasteiger partial charge in [0, 0.05) is 19.3 Å². The van der Waals surface area contributed by atoms with Gasteiger partial charge in [0.05, 0.1) is 11.2 Å². The molecule has 3 N–H and O–H groups in total. The van der Waals surface area contributed by atoms with Crippen molar-refractivity contribution in [3.05, 3.63) is 28.2 Å². The molecular formula is C13H22ClN3O2. The number of carbonyl (C=O) groups is 1. The summed E-state index contributed by atoms with van der Waals surface area (Å²) in [6.07, 6.45) is 3.06. The molecule has 1 amide bonds. The van der Waals surface area contributed by atoms with Crippen molar-refractivity contribution in [1.29, 1.82) is 0 Å². The Kier molecular flexibility index (Phi) is 6.25. The number of hydrogen-bond donors (Lipinski definition) is 2. The Bertz CT molecular complexity index is 509. The zero-order valence-electron chi connectivity index (χ0n) is 11.8. The number of rotatable bonds is 4. The standard InChI is InChI=1S/C13H21N3O2.ClH/c1-5-6-13(3,14)12(18)15-10-8-16(4)11(17)7-9(10)2;/h7-8H,5-6,14H2,1-4H3,(H,15,18);1H. The van der Waals surface area contributed by atoms with Crippen molar-refractivity contribution in [2.75, 3.05) is 5.32 Å². The molecule has 0 bridgehead atoms. The third-order valence-corrected chi connectivity index (χ3v) is 2.97. The summed E-state index contributed by atoms with van der Waals surface area (Å²) in [4.78, 5) is 23.5. The zero-order valence-corrected chi connectivity index (χ0v) is 12.6. The number of aromatic nitrogens is 1. The summed E-state index contributed by atoms with van der Waals surface area (Å²) in [7, 11) is 1.64. The molecule has 1 rings (SSSR count). The van der Waals surface area contributed by atoms with Crippen molar-refractivity contribution in [1.82, 2.24) is 4.57 Å². The molecule has 1 unspecified atom stereocenters. The number of halogens is 1. The van der Waals surface area contributed by atoms with Gasteiger partial charge in [-0.2, -0.15) is 0 Å². The lowest BCUT2D eigenvalue weighted by Crippen LogP contribution is -2.48. The van der Waals surface area contributed by atoms with E-state index < -0.39 is 5.54 Å². The molecule has 0 aliphatic rings. The maximum atomic E-state index is 12.0. The van der Waals surface area contributed by atoms with Crippen molar-refractivity contribution in [2.24, 2.45) is 12.8 Å². The number of nitrogens with zero attached hydrogens (tertiary/aromatic N) is 1. The number of pyridine rings is 1. The SMILES string of the molecule is CCCC(C)(N)C(=O)Nc1cn(C)c(=O)cc1C.Cl. The van der Waals surface area contributed by atoms with Gasteiger partial charge in [0.25, 0.3) is 5.56 Å². The van der Waals surface area contributed by atoms with E-state index in [0.29, 0.717) is 12.1 Å². The third kappa shape index (κ3) is 4.36. The van der Waals surface area contributed by atoms with E-state index in [1.54, 1.807) is 27.1 Å². The normalized spacial score (nSPS) is 13.3. The number of hydrogen-bond acceptors (Lipinski definition) is 3. The highest BCUT2D eigenvalue weighted by Gasteiger charge is 2.27. The number of carbonyl (C=O) groups excluding carboxylic acids is 1. The van der Waals surface area contributed by atoms with E-state index in [-0.39, 0.29) is 23.9 Å². The quantitative estimate of drug-likeness (QED) is 0.882. The molecule has 1 aromatic heterocycles.